The Bertz CT molecular complexity index is 1080. The van der Waals surface area contributed by atoms with Crippen molar-refractivity contribution < 1.29 is 4.79 Å². The first-order valence-corrected chi connectivity index (χ1v) is 10.1. The van der Waals surface area contributed by atoms with Gasteiger partial charge in [0, 0.05) is 29.0 Å². The van der Waals surface area contributed by atoms with Crippen molar-refractivity contribution in [3.63, 3.8) is 0 Å². The zero-order valence-electron chi connectivity index (χ0n) is 17.2. The number of pyridine rings is 1. The van der Waals surface area contributed by atoms with E-state index >= 15 is 0 Å². The summed E-state index contributed by atoms with van der Waals surface area (Å²) >= 11 is 1.57. The van der Waals surface area contributed by atoms with Gasteiger partial charge in [-0.15, -0.1) is 0 Å². The van der Waals surface area contributed by atoms with Crippen LogP contribution in [0.2, 0.25) is 0 Å². The summed E-state index contributed by atoms with van der Waals surface area (Å²) in [7, 11) is 3.96. The number of carbonyl (C=O) groups is 1. The summed E-state index contributed by atoms with van der Waals surface area (Å²) in [5.41, 5.74) is 3.95. The maximum atomic E-state index is 13.4. The zero-order chi connectivity index (χ0) is 20.8. The van der Waals surface area contributed by atoms with Crippen LogP contribution in [0.3, 0.4) is 0 Å². The Hall–Kier alpha value is -2.77. The molecule has 3 aromatic rings. The van der Waals surface area contributed by atoms with Gasteiger partial charge in [0.15, 0.2) is 0 Å². The summed E-state index contributed by atoms with van der Waals surface area (Å²) in [6.07, 6.45) is 7.17. The smallest absolute Gasteiger partial charge is 0.241 e. The van der Waals surface area contributed by atoms with Crippen molar-refractivity contribution in [1.29, 1.82) is 0 Å². The summed E-state index contributed by atoms with van der Waals surface area (Å²) < 4.78 is 2.00. The second kappa shape index (κ2) is 7.24. The van der Waals surface area contributed by atoms with Crippen LogP contribution in [-0.4, -0.2) is 39.3 Å². The SMILES string of the molecule is Cc1ncc(-c2ccc3c(c2)N(c2cncc(SN(C)C)c2)C(=O)C3(C)C)cn1. The lowest BCUT2D eigenvalue weighted by atomic mass is 9.85. The monoisotopic (exact) mass is 405 g/mol. The number of amides is 1. The van der Waals surface area contributed by atoms with E-state index in [-0.39, 0.29) is 5.91 Å². The van der Waals surface area contributed by atoms with E-state index in [1.807, 2.05) is 75.8 Å². The molecule has 0 unspecified atom stereocenters. The molecule has 4 rings (SSSR count). The third-order valence-electron chi connectivity index (χ3n) is 5.01. The van der Waals surface area contributed by atoms with Crippen LogP contribution in [0.25, 0.3) is 11.1 Å². The first-order valence-electron chi connectivity index (χ1n) is 9.36. The Balaban J connectivity index is 1.82. The van der Waals surface area contributed by atoms with Crippen molar-refractivity contribution in [2.75, 3.05) is 19.0 Å². The van der Waals surface area contributed by atoms with Crippen molar-refractivity contribution in [2.45, 2.75) is 31.1 Å². The van der Waals surface area contributed by atoms with Gasteiger partial charge in [-0.3, -0.25) is 19.0 Å². The summed E-state index contributed by atoms with van der Waals surface area (Å²) in [6.45, 7) is 5.80. The number of carbonyl (C=O) groups excluding carboxylic acids is 1. The predicted octanol–water partition coefficient (Wildman–Crippen LogP) is 4.37. The lowest BCUT2D eigenvalue weighted by molar-refractivity contribution is -0.121. The van der Waals surface area contributed by atoms with E-state index in [9.17, 15) is 4.79 Å². The first kappa shape index (κ1) is 19.5. The Labute approximate surface area is 175 Å². The van der Waals surface area contributed by atoms with Crippen molar-refractivity contribution >= 4 is 29.2 Å². The lowest BCUT2D eigenvalue weighted by Crippen LogP contribution is -2.33. The number of anilines is 2. The second-order valence-electron chi connectivity index (χ2n) is 7.80. The van der Waals surface area contributed by atoms with E-state index in [1.165, 1.54) is 0 Å². The molecule has 0 atom stereocenters. The van der Waals surface area contributed by atoms with Crippen molar-refractivity contribution in [3.8, 4) is 11.1 Å². The minimum Gasteiger partial charge on any atom is -0.278 e. The first-order chi connectivity index (χ1) is 13.8. The molecule has 2 aromatic heterocycles. The standard InChI is InChI=1S/C22H23N5OS/c1-14-24-10-16(11-25-14)15-6-7-19-20(8-15)27(21(28)22(19,2)3)17-9-18(13-23-12-17)29-26(4)5/h6-13H,1-5H3. The maximum Gasteiger partial charge on any atom is 0.241 e. The lowest BCUT2D eigenvalue weighted by Gasteiger charge is -2.21. The Kier molecular flexibility index (Phi) is 4.88. The minimum atomic E-state index is -0.609. The van der Waals surface area contributed by atoms with Gasteiger partial charge in [-0.05, 0) is 70.1 Å². The molecule has 1 aliphatic heterocycles. The highest BCUT2D eigenvalue weighted by atomic mass is 32.2. The number of nitrogens with zero attached hydrogens (tertiary/aromatic N) is 5. The van der Waals surface area contributed by atoms with E-state index < -0.39 is 5.41 Å². The quantitative estimate of drug-likeness (QED) is 0.601. The fourth-order valence-corrected chi connectivity index (χ4v) is 4.22. The third kappa shape index (κ3) is 3.52. The molecule has 0 bridgehead atoms. The average molecular weight is 406 g/mol. The molecule has 0 radical (unpaired) electrons. The van der Waals surface area contributed by atoms with Gasteiger partial charge in [0.2, 0.25) is 5.91 Å². The Morgan fingerprint density at radius 1 is 1.00 bits per heavy atom. The highest BCUT2D eigenvalue weighted by molar-refractivity contribution is 7.97. The molecule has 0 spiro atoms. The largest absolute Gasteiger partial charge is 0.278 e. The Morgan fingerprint density at radius 2 is 1.72 bits per heavy atom. The van der Waals surface area contributed by atoms with Crippen LogP contribution in [0, 0.1) is 6.92 Å². The van der Waals surface area contributed by atoms with Gasteiger partial charge in [0.05, 0.1) is 23.0 Å². The average Bonchev–Trinajstić information content (AvgIpc) is 2.87. The molecule has 0 saturated heterocycles. The molecule has 7 heteroatoms. The summed E-state index contributed by atoms with van der Waals surface area (Å²) in [5, 5.41) is 0. The minimum absolute atomic E-state index is 0.0404. The van der Waals surface area contributed by atoms with E-state index in [0.29, 0.717) is 0 Å². The number of hydrogen-bond acceptors (Lipinski definition) is 6. The molecule has 0 saturated carbocycles. The molecular weight excluding hydrogens is 382 g/mol. The van der Waals surface area contributed by atoms with Gasteiger partial charge in [-0.2, -0.15) is 0 Å². The molecule has 1 aliphatic rings. The zero-order valence-corrected chi connectivity index (χ0v) is 18.0. The topological polar surface area (TPSA) is 62.2 Å². The van der Waals surface area contributed by atoms with Crippen LogP contribution in [0.5, 0.6) is 0 Å². The van der Waals surface area contributed by atoms with Gasteiger partial charge in [-0.25, -0.2) is 9.97 Å². The summed E-state index contributed by atoms with van der Waals surface area (Å²) in [5.74, 6) is 0.771. The molecule has 0 fully saturated rings. The van der Waals surface area contributed by atoms with Gasteiger partial charge in [0.1, 0.15) is 5.82 Å². The molecule has 1 amide bonds. The van der Waals surface area contributed by atoms with Crippen LogP contribution in [0.4, 0.5) is 11.4 Å². The third-order valence-corrected chi connectivity index (χ3v) is 5.81. The number of aryl methyl sites for hydroxylation is 1. The van der Waals surface area contributed by atoms with E-state index in [4.69, 9.17) is 0 Å². The number of fused-ring (bicyclic) bond motifs is 1. The summed E-state index contributed by atoms with van der Waals surface area (Å²) in [6, 6.07) is 8.11. The van der Waals surface area contributed by atoms with E-state index in [0.717, 1.165) is 38.8 Å². The molecule has 1 aromatic carbocycles. The van der Waals surface area contributed by atoms with Gasteiger partial charge < -0.3 is 0 Å². The molecule has 29 heavy (non-hydrogen) atoms. The van der Waals surface area contributed by atoms with Crippen molar-refractivity contribution in [2.24, 2.45) is 0 Å². The number of rotatable bonds is 4. The number of hydrogen-bond donors (Lipinski definition) is 0. The molecular formula is C22H23N5OS. The van der Waals surface area contributed by atoms with E-state index in [2.05, 4.69) is 15.0 Å². The van der Waals surface area contributed by atoms with Crippen LogP contribution in [0.1, 0.15) is 25.2 Å². The van der Waals surface area contributed by atoms with Crippen LogP contribution in [0.15, 0.2) is 53.9 Å². The van der Waals surface area contributed by atoms with Gasteiger partial charge in [-0.1, -0.05) is 12.1 Å². The van der Waals surface area contributed by atoms with E-state index in [1.54, 1.807) is 29.2 Å². The molecule has 3 heterocycles. The fourth-order valence-electron chi connectivity index (χ4n) is 3.52. The highest BCUT2D eigenvalue weighted by Gasteiger charge is 2.44. The highest BCUT2D eigenvalue weighted by Crippen LogP contribution is 2.47. The van der Waals surface area contributed by atoms with Crippen LogP contribution >= 0.6 is 11.9 Å². The van der Waals surface area contributed by atoms with Crippen LogP contribution in [-0.2, 0) is 10.2 Å². The van der Waals surface area contributed by atoms with Gasteiger partial charge >= 0.3 is 0 Å². The molecule has 6 nitrogen and oxygen atoms in total. The molecule has 0 N–H and O–H groups in total. The van der Waals surface area contributed by atoms with Crippen LogP contribution < -0.4 is 4.90 Å². The van der Waals surface area contributed by atoms with Gasteiger partial charge in [0.25, 0.3) is 0 Å². The normalized spacial score (nSPS) is 15.1. The predicted molar refractivity (Wildman–Crippen MR) is 116 cm³/mol. The van der Waals surface area contributed by atoms with Crippen molar-refractivity contribution in [1.82, 2.24) is 19.3 Å². The molecule has 148 valence electrons. The number of benzene rings is 1. The maximum absolute atomic E-state index is 13.4. The Morgan fingerprint density at radius 3 is 2.41 bits per heavy atom. The molecule has 0 aliphatic carbocycles. The number of aromatic nitrogens is 3. The van der Waals surface area contributed by atoms with Crippen molar-refractivity contribution in [3.05, 3.63) is 60.4 Å². The fraction of sp³-hybridized carbons (Fsp3) is 0.273. The second-order valence-corrected chi connectivity index (χ2v) is 9.18. The summed E-state index contributed by atoms with van der Waals surface area (Å²) in [4.78, 5) is 29.1.